The lowest BCUT2D eigenvalue weighted by Gasteiger charge is -2.33. The number of likely N-dealkylation sites (tertiary alicyclic amines) is 1. The summed E-state index contributed by atoms with van der Waals surface area (Å²) in [5, 5.41) is 2.76. The highest BCUT2D eigenvalue weighted by Crippen LogP contribution is 2.23. The summed E-state index contributed by atoms with van der Waals surface area (Å²) in [7, 11) is 0. The fraction of sp³-hybridized carbons (Fsp3) is 0.529. The van der Waals surface area contributed by atoms with Crippen molar-refractivity contribution < 1.29 is 18.4 Å². The van der Waals surface area contributed by atoms with Crippen molar-refractivity contribution in [1.82, 2.24) is 10.2 Å². The van der Waals surface area contributed by atoms with Crippen LogP contribution in [-0.4, -0.2) is 29.9 Å². The molecule has 1 aromatic carbocycles. The summed E-state index contributed by atoms with van der Waals surface area (Å²) in [6, 6.07) is 2.27. The van der Waals surface area contributed by atoms with Gasteiger partial charge in [0.2, 0.25) is 5.91 Å². The van der Waals surface area contributed by atoms with E-state index in [9.17, 15) is 18.4 Å². The van der Waals surface area contributed by atoms with Gasteiger partial charge in [-0.3, -0.25) is 4.79 Å². The van der Waals surface area contributed by atoms with Crippen LogP contribution in [0, 0.1) is 17.6 Å². The number of nitrogens with zero attached hydrogens (tertiary/aromatic N) is 1. The van der Waals surface area contributed by atoms with Crippen LogP contribution in [0.2, 0.25) is 0 Å². The smallest absolute Gasteiger partial charge is 0.317 e. The van der Waals surface area contributed by atoms with Gasteiger partial charge in [-0.1, -0.05) is 6.92 Å². The minimum absolute atomic E-state index is 0.0491. The standard InChI is InChI=1S/C17H23F2N3O2/c1-2-15(13-9-12(18)5-6-14(13)19)21-17(24)22-7-3-4-11(10-22)8-16(20)23/h5-6,9,11,15H,2-4,7-8,10H2,1H3,(H2,20,23)(H,21,24)/t11-,15+/m1/s1. The van der Waals surface area contributed by atoms with Crippen molar-refractivity contribution in [3.8, 4) is 0 Å². The maximum atomic E-state index is 13.9. The van der Waals surface area contributed by atoms with E-state index in [0.29, 0.717) is 19.5 Å². The molecule has 2 atom stereocenters. The molecular formula is C17H23F2N3O2. The van der Waals surface area contributed by atoms with E-state index in [1.54, 1.807) is 11.8 Å². The zero-order valence-corrected chi connectivity index (χ0v) is 13.7. The normalized spacial score (nSPS) is 19.0. The molecule has 0 aromatic heterocycles. The van der Waals surface area contributed by atoms with E-state index in [0.717, 1.165) is 31.0 Å². The highest BCUT2D eigenvalue weighted by atomic mass is 19.1. The van der Waals surface area contributed by atoms with Crippen molar-refractivity contribution in [1.29, 1.82) is 0 Å². The van der Waals surface area contributed by atoms with Crippen LogP contribution in [0.5, 0.6) is 0 Å². The molecule has 0 spiro atoms. The minimum atomic E-state index is -0.607. The molecule has 0 unspecified atom stereocenters. The number of hydrogen-bond donors (Lipinski definition) is 2. The van der Waals surface area contributed by atoms with Crippen LogP contribution in [0.3, 0.4) is 0 Å². The monoisotopic (exact) mass is 339 g/mol. The molecule has 0 aliphatic carbocycles. The Bertz CT molecular complexity index is 609. The van der Waals surface area contributed by atoms with Crippen molar-refractivity contribution in [2.45, 2.75) is 38.6 Å². The van der Waals surface area contributed by atoms with Gasteiger partial charge in [0.15, 0.2) is 0 Å². The highest BCUT2D eigenvalue weighted by molar-refractivity contribution is 5.76. The van der Waals surface area contributed by atoms with E-state index >= 15 is 0 Å². The van der Waals surface area contributed by atoms with E-state index in [2.05, 4.69) is 5.32 Å². The van der Waals surface area contributed by atoms with E-state index in [1.165, 1.54) is 0 Å². The Hall–Kier alpha value is -2.18. The predicted molar refractivity (Wildman–Crippen MR) is 86.0 cm³/mol. The Morgan fingerprint density at radius 3 is 2.83 bits per heavy atom. The molecule has 1 aliphatic rings. The second-order valence-corrected chi connectivity index (χ2v) is 6.20. The number of carbonyl (C=O) groups excluding carboxylic acids is 2. The molecule has 1 aliphatic heterocycles. The Labute approximate surface area is 140 Å². The van der Waals surface area contributed by atoms with E-state index < -0.39 is 17.7 Å². The first-order valence-corrected chi connectivity index (χ1v) is 8.19. The number of piperidine rings is 1. The molecule has 0 radical (unpaired) electrons. The molecule has 1 fully saturated rings. The number of nitrogens with one attached hydrogen (secondary N) is 1. The fourth-order valence-electron chi connectivity index (χ4n) is 3.12. The summed E-state index contributed by atoms with van der Waals surface area (Å²) in [6.07, 6.45) is 2.32. The molecule has 1 aromatic rings. The zero-order chi connectivity index (χ0) is 17.7. The second kappa shape index (κ2) is 8.08. The van der Waals surface area contributed by atoms with E-state index in [-0.39, 0.29) is 29.8 Å². The van der Waals surface area contributed by atoms with Gasteiger partial charge < -0.3 is 16.0 Å². The average molecular weight is 339 g/mol. The van der Waals surface area contributed by atoms with Crippen molar-refractivity contribution in [2.24, 2.45) is 11.7 Å². The molecule has 3 amide bonds. The average Bonchev–Trinajstić information content (AvgIpc) is 2.54. The minimum Gasteiger partial charge on any atom is -0.370 e. The molecule has 1 saturated heterocycles. The zero-order valence-electron chi connectivity index (χ0n) is 13.7. The Morgan fingerprint density at radius 1 is 1.42 bits per heavy atom. The molecule has 0 saturated carbocycles. The van der Waals surface area contributed by atoms with Crippen LogP contribution in [0.1, 0.15) is 44.2 Å². The van der Waals surface area contributed by atoms with E-state index in [1.807, 2.05) is 0 Å². The van der Waals surface area contributed by atoms with Gasteiger partial charge in [-0.2, -0.15) is 0 Å². The number of rotatable bonds is 5. The number of urea groups is 1. The number of carbonyl (C=O) groups is 2. The number of nitrogens with two attached hydrogens (primary N) is 1. The molecule has 7 heteroatoms. The van der Waals surface area contributed by atoms with Gasteiger partial charge in [-0.25, -0.2) is 13.6 Å². The first-order chi connectivity index (χ1) is 11.4. The Kier molecular flexibility index (Phi) is 6.11. The number of amides is 3. The third-order valence-corrected chi connectivity index (χ3v) is 4.34. The molecule has 3 N–H and O–H groups in total. The van der Waals surface area contributed by atoms with Crippen LogP contribution in [-0.2, 0) is 4.79 Å². The first kappa shape index (κ1) is 18.2. The van der Waals surface area contributed by atoms with Crippen LogP contribution >= 0.6 is 0 Å². The third-order valence-electron chi connectivity index (χ3n) is 4.34. The lowest BCUT2D eigenvalue weighted by Crippen LogP contribution is -2.47. The summed E-state index contributed by atoms with van der Waals surface area (Å²) in [5.41, 5.74) is 5.35. The van der Waals surface area contributed by atoms with Gasteiger partial charge in [-0.05, 0) is 43.4 Å². The first-order valence-electron chi connectivity index (χ1n) is 8.19. The molecule has 0 bridgehead atoms. The van der Waals surface area contributed by atoms with Crippen molar-refractivity contribution >= 4 is 11.9 Å². The SMILES string of the molecule is CC[C@H](NC(=O)N1CCC[C@H](CC(N)=O)C1)c1cc(F)ccc1F. The van der Waals surface area contributed by atoms with Crippen molar-refractivity contribution in [3.63, 3.8) is 0 Å². The topological polar surface area (TPSA) is 75.4 Å². The third kappa shape index (κ3) is 4.66. The molecule has 2 rings (SSSR count). The largest absolute Gasteiger partial charge is 0.370 e. The van der Waals surface area contributed by atoms with Crippen molar-refractivity contribution in [2.75, 3.05) is 13.1 Å². The second-order valence-electron chi connectivity index (χ2n) is 6.20. The fourth-order valence-corrected chi connectivity index (χ4v) is 3.12. The molecule has 132 valence electrons. The predicted octanol–water partition coefficient (Wildman–Crippen LogP) is 2.71. The van der Waals surface area contributed by atoms with Crippen LogP contribution < -0.4 is 11.1 Å². The summed E-state index contributed by atoms with van der Waals surface area (Å²) in [4.78, 5) is 25.1. The number of benzene rings is 1. The summed E-state index contributed by atoms with van der Waals surface area (Å²) in [6.45, 7) is 2.81. The van der Waals surface area contributed by atoms with Crippen LogP contribution in [0.25, 0.3) is 0 Å². The molecular weight excluding hydrogens is 316 g/mol. The Morgan fingerprint density at radius 2 is 2.17 bits per heavy atom. The van der Waals surface area contributed by atoms with E-state index in [4.69, 9.17) is 5.73 Å². The highest BCUT2D eigenvalue weighted by Gasteiger charge is 2.26. The maximum absolute atomic E-state index is 13.9. The lowest BCUT2D eigenvalue weighted by molar-refractivity contribution is -0.119. The molecule has 5 nitrogen and oxygen atoms in total. The summed E-state index contributed by atoms with van der Waals surface area (Å²) >= 11 is 0. The molecule has 1 heterocycles. The van der Waals surface area contributed by atoms with Crippen LogP contribution in [0.15, 0.2) is 18.2 Å². The van der Waals surface area contributed by atoms with Gasteiger partial charge in [0.05, 0.1) is 6.04 Å². The number of primary amides is 1. The van der Waals surface area contributed by atoms with Gasteiger partial charge in [0.25, 0.3) is 0 Å². The lowest BCUT2D eigenvalue weighted by atomic mass is 9.95. The van der Waals surface area contributed by atoms with Gasteiger partial charge >= 0.3 is 6.03 Å². The van der Waals surface area contributed by atoms with Crippen molar-refractivity contribution in [3.05, 3.63) is 35.4 Å². The maximum Gasteiger partial charge on any atom is 0.317 e. The summed E-state index contributed by atoms with van der Waals surface area (Å²) < 4.78 is 27.3. The Balaban J connectivity index is 2.03. The number of hydrogen-bond acceptors (Lipinski definition) is 2. The number of halogens is 2. The summed E-state index contributed by atoms with van der Waals surface area (Å²) in [5.74, 6) is -1.42. The van der Waals surface area contributed by atoms with Gasteiger partial charge in [0.1, 0.15) is 11.6 Å². The van der Waals surface area contributed by atoms with Gasteiger partial charge in [0, 0.05) is 25.1 Å². The van der Waals surface area contributed by atoms with Crippen LogP contribution in [0.4, 0.5) is 13.6 Å². The molecule has 24 heavy (non-hydrogen) atoms. The quantitative estimate of drug-likeness (QED) is 0.865. The van der Waals surface area contributed by atoms with Gasteiger partial charge in [-0.15, -0.1) is 0 Å².